The molecule has 1 aromatic rings. The standard InChI is InChI=1S/C10H10O5/c1-5-3-6(9(12)10(13)14)8(11)7(4-5)15-2/h3-4,11H,1-2H3,(H,13,14). The lowest BCUT2D eigenvalue weighted by molar-refractivity contribution is -0.131. The third-order valence-electron chi connectivity index (χ3n) is 1.88. The predicted octanol–water partition coefficient (Wildman–Crippen LogP) is 0.977. The number of ether oxygens (including phenoxy) is 1. The van der Waals surface area contributed by atoms with Gasteiger partial charge in [-0.25, -0.2) is 4.79 Å². The summed E-state index contributed by atoms with van der Waals surface area (Å²) in [5.41, 5.74) is 0.369. The lowest BCUT2D eigenvalue weighted by atomic mass is 10.1. The molecule has 2 N–H and O–H groups in total. The second kappa shape index (κ2) is 4.00. The highest BCUT2D eigenvalue weighted by Crippen LogP contribution is 2.31. The molecule has 0 atom stereocenters. The summed E-state index contributed by atoms with van der Waals surface area (Å²) in [6.07, 6.45) is 0. The summed E-state index contributed by atoms with van der Waals surface area (Å²) in [6.45, 7) is 1.67. The fourth-order valence-corrected chi connectivity index (χ4v) is 1.19. The highest BCUT2D eigenvalue weighted by molar-refractivity contribution is 6.40. The number of carboxylic acid groups (broad SMARTS) is 1. The maximum Gasteiger partial charge on any atom is 0.377 e. The molecule has 5 nitrogen and oxygen atoms in total. The molecule has 5 heteroatoms. The zero-order valence-corrected chi connectivity index (χ0v) is 8.27. The zero-order chi connectivity index (χ0) is 11.6. The Labute approximate surface area is 85.9 Å². The van der Waals surface area contributed by atoms with Crippen LogP contribution in [0.25, 0.3) is 0 Å². The first-order chi connectivity index (χ1) is 6.97. The van der Waals surface area contributed by atoms with E-state index in [0.717, 1.165) is 0 Å². The lowest BCUT2D eigenvalue weighted by Gasteiger charge is -2.07. The molecule has 0 saturated heterocycles. The van der Waals surface area contributed by atoms with Crippen LogP contribution in [0, 0.1) is 6.92 Å². The van der Waals surface area contributed by atoms with Crippen LogP contribution in [0.2, 0.25) is 0 Å². The third kappa shape index (κ3) is 2.07. The minimum absolute atomic E-state index is 0.0830. The molecular formula is C10H10O5. The number of carboxylic acids is 1. The molecule has 0 aromatic heterocycles. The highest BCUT2D eigenvalue weighted by atomic mass is 16.5. The summed E-state index contributed by atoms with van der Waals surface area (Å²) in [6, 6.07) is 2.81. The number of carbonyl (C=O) groups is 2. The van der Waals surface area contributed by atoms with E-state index in [0.29, 0.717) is 5.56 Å². The number of aliphatic carboxylic acids is 1. The van der Waals surface area contributed by atoms with Crippen LogP contribution in [-0.2, 0) is 4.79 Å². The van der Waals surface area contributed by atoms with E-state index in [2.05, 4.69) is 0 Å². The van der Waals surface area contributed by atoms with Gasteiger partial charge >= 0.3 is 5.97 Å². The number of aromatic hydroxyl groups is 1. The van der Waals surface area contributed by atoms with E-state index in [9.17, 15) is 14.7 Å². The van der Waals surface area contributed by atoms with Gasteiger partial charge < -0.3 is 14.9 Å². The Morgan fingerprint density at radius 2 is 1.93 bits per heavy atom. The van der Waals surface area contributed by atoms with Crippen molar-refractivity contribution < 1.29 is 24.5 Å². The van der Waals surface area contributed by atoms with E-state index < -0.39 is 17.5 Å². The largest absolute Gasteiger partial charge is 0.504 e. The summed E-state index contributed by atoms with van der Waals surface area (Å²) in [4.78, 5) is 21.6. The number of phenols is 1. The number of methoxy groups -OCH3 is 1. The number of aryl methyl sites for hydroxylation is 1. The van der Waals surface area contributed by atoms with Crippen molar-refractivity contribution in [3.63, 3.8) is 0 Å². The molecule has 1 rings (SSSR count). The van der Waals surface area contributed by atoms with E-state index in [1.807, 2.05) is 0 Å². The smallest absolute Gasteiger partial charge is 0.377 e. The van der Waals surface area contributed by atoms with E-state index in [1.54, 1.807) is 6.92 Å². The summed E-state index contributed by atoms with van der Waals surface area (Å²) < 4.78 is 4.80. The van der Waals surface area contributed by atoms with Crippen LogP contribution in [0.5, 0.6) is 11.5 Å². The maximum atomic E-state index is 11.2. The average molecular weight is 210 g/mol. The van der Waals surface area contributed by atoms with Gasteiger partial charge in [-0.3, -0.25) is 4.79 Å². The van der Waals surface area contributed by atoms with Crippen LogP contribution < -0.4 is 4.74 Å². The first-order valence-electron chi connectivity index (χ1n) is 4.12. The van der Waals surface area contributed by atoms with Crippen LogP contribution in [0.4, 0.5) is 0 Å². The monoisotopic (exact) mass is 210 g/mol. The van der Waals surface area contributed by atoms with Crippen molar-refractivity contribution in [3.8, 4) is 11.5 Å². The average Bonchev–Trinajstić information content (AvgIpc) is 2.19. The number of Topliss-reactive ketones (excluding diaryl/α,β-unsaturated/α-hetero) is 1. The molecule has 0 saturated carbocycles. The van der Waals surface area contributed by atoms with Crippen molar-refractivity contribution >= 4 is 11.8 Å². The normalized spacial score (nSPS) is 9.73. The lowest BCUT2D eigenvalue weighted by Crippen LogP contribution is -2.13. The fraction of sp³-hybridized carbons (Fsp3) is 0.200. The number of ketones is 1. The molecule has 0 aliphatic rings. The van der Waals surface area contributed by atoms with Gasteiger partial charge in [-0.1, -0.05) is 0 Å². The first kappa shape index (κ1) is 11.0. The van der Waals surface area contributed by atoms with Crippen LogP contribution in [0.1, 0.15) is 15.9 Å². The van der Waals surface area contributed by atoms with Crippen molar-refractivity contribution in [2.45, 2.75) is 6.92 Å². The van der Waals surface area contributed by atoms with Gasteiger partial charge in [-0.05, 0) is 24.6 Å². The molecule has 0 radical (unpaired) electrons. The maximum absolute atomic E-state index is 11.2. The van der Waals surface area contributed by atoms with Gasteiger partial charge in [0, 0.05) is 0 Å². The molecule has 0 spiro atoms. The molecule has 0 aliphatic carbocycles. The van der Waals surface area contributed by atoms with Gasteiger partial charge in [0.2, 0.25) is 0 Å². The zero-order valence-electron chi connectivity index (χ0n) is 8.27. The first-order valence-corrected chi connectivity index (χ1v) is 4.12. The Hall–Kier alpha value is -2.04. The van der Waals surface area contributed by atoms with Crippen LogP contribution in [0.15, 0.2) is 12.1 Å². The molecule has 1 aromatic carbocycles. The van der Waals surface area contributed by atoms with Gasteiger partial charge in [0.1, 0.15) is 0 Å². The molecule has 0 unspecified atom stereocenters. The van der Waals surface area contributed by atoms with Gasteiger partial charge in [0.15, 0.2) is 11.5 Å². The minimum atomic E-state index is -1.61. The van der Waals surface area contributed by atoms with E-state index in [-0.39, 0.29) is 11.3 Å². The molecule has 15 heavy (non-hydrogen) atoms. The van der Waals surface area contributed by atoms with E-state index in [4.69, 9.17) is 9.84 Å². The van der Waals surface area contributed by atoms with Crippen LogP contribution in [-0.4, -0.2) is 29.1 Å². The van der Waals surface area contributed by atoms with Crippen molar-refractivity contribution in [1.82, 2.24) is 0 Å². The highest BCUT2D eigenvalue weighted by Gasteiger charge is 2.21. The molecule has 0 heterocycles. The number of carbonyl (C=O) groups excluding carboxylic acids is 1. The Balaban J connectivity index is 3.35. The predicted molar refractivity (Wildman–Crippen MR) is 51.4 cm³/mol. The third-order valence-corrected chi connectivity index (χ3v) is 1.88. The molecule has 0 aliphatic heterocycles. The number of hydrogen-bond donors (Lipinski definition) is 2. The number of phenolic OH excluding ortho intramolecular Hbond substituents is 1. The van der Waals surface area contributed by atoms with Gasteiger partial charge in [0.25, 0.3) is 5.78 Å². The Morgan fingerprint density at radius 3 is 2.40 bits per heavy atom. The molecule has 0 fully saturated rings. The van der Waals surface area contributed by atoms with E-state index >= 15 is 0 Å². The summed E-state index contributed by atoms with van der Waals surface area (Å²) in [5.74, 6) is -3.14. The van der Waals surface area contributed by atoms with Crippen molar-refractivity contribution in [2.24, 2.45) is 0 Å². The Morgan fingerprint density at radius 1 is 1.33 bits per heavy atom. The molecule has 80 valence electrons. The SMILES string of the molecule is COc1cc(C)cc(C(=O)C(=O)O)c1O. The Bertz CT molecular complexity index is 422. The topological polar surface area (TPSA) is 83.8 Å². The minimum Gasteiger partial charge on any atom is -0.504 e. The van der Waals surface area contributed by atoms with Crippen molar-refractivity contribution in [1.29, 1.82) is 0 Å². The Kier molecular flexibility index (Phi) is 2.94. The van der Waals surface area contributed by atoms with Crippen LogP contribution >= 0.6 is 0 Å². The van der Waals surface area contributed by atoms with Crippen LogP contribution in [0.3, 0.4) is 0 Å². The quantitative estimate of drug-likeness (QED) is 0.573. The number of hydrogen-bond acceptors (Lipinski definition) is 4. The summed E-state index contributed by atoms with van der Waals surface area (Å²) in [5, 5.41) is 18.0. The molecular weight excluding hydrogens is 200 g/mol. The fourth-order valence-electron chi connectivity index (χ4n) is 1.19. The second-order valence-electron chi connectivity index (χ2n) is 3.00. The van der Waals surface area contributed by atoms with Crippen molar-refractivity contribution in [2.75, 3.05) is 7.11 Å². The van der Waals surface area contributed by atoms with Gasteiger partial charge in [-0.15, -0.1) is 0 Å². The van der Waals surface area contributed by atoms with Crippen molar-refractivity contribution in [3.05, 3.63) is 23.3 Å². The molecule has 0 amide bonds. The van der Waals surface area contributed by atoms with Gasteiger partial charge in [-0.2, -0.15) is 0 Å². The number of benzene rings is 1. The molecule has 0 bridgehead atoms. The number of rotatable bonds is 3. The second-order valence-corrected chi connectivity index (χ2v) is 3.00. The van der Waals surface area contributed by atoms with E-state index in [1.165, 1.54) is 19.2 Å². The summed E-state index contributed by atoms with van der Waals surface area (Å²) in [7, 11) is 1.32. The summed E-state index contributed by atoms with van der Waals surface area (Å²) >= 11 is 0. The van der Waals surface area contributed by atoms with Gasteiger partial charge in [0.05, 0.1) is 12.7 Å².